The Morgan fingerprint density at radius 3 is 2.36 bits per heavy atom. The van der Waals surface area contributed by atoms with Crippen molar-refractivity contribution in [3.63, 3.8) is 0 Å². The molecule has 0 atom stereocenters. The third-order valence-electron chi connectivity index (χ3n) is 4.27. The second kappa shape index (κ2) is 12.7. The zero-order chi connectivity index (χ0) is 18.0. The Bertz CT molecular complexity index is 406. The van der Waals surface area contributed by atoms with E-state index in [0.29, 0.717) is 13.0 Å². The third-order valence-corrected chi connectivity index (χ3v) is 4.27. The SMILES string of the molecule is CCNC(=NCC(C)(C)N1CCCCC1)NCCC(=O)NC(C)C.I. The van der Waals surface area contributed by atoms with Crippen molar-refractivity contribution in [1.29, 1.82) is 0 Å². The predicted molar refractivity (Wildman–Crippen MR) is 117 cm³/mol. The summed E-state index contributed by atoms with van der Waals surface area (Å²) in [6.45, 7) is 15.0. The van der Waals surface area contributed by atoms with Gasteiger partial charge in [0.2, 0.25) is 5.91 Å². The number of piperidine rings is 1. The molecule has 1 rings (SSSR count). The summed E-state index contributed by atoms with van der Waals surface area (Å²) in [6, 6.07) is 0.185. The van der Waals surface area contributed by atoms with E-state index in [4.69, 9.17) is 4.99 Å². The average molecular weight is 467 g/mol. The van der Waals surface area contributed by atoms with E-state index in [1.165, 1.54) is 32.4 Å². The lowest BCUT2D eigenvalue weighted by molar-refractivity contribution is -0.121. The van der Waals surface area contributed by atoms with Crippen LogP contribution in [0.3, 0.4) is 0 Å². The number of carbonyl (C=O) groups excluding carboxylic acids is 1. The van der Waals surface area contributed by atoms with Crippen LogP contribution in [0.15, 0.2) is 4.99 Å². The summed E-state index contributed by atoms with van der Waals surface area (Å²) < 4.78 is 0. The smallest absolute Gasteiger partial charge is 0.221 e. The Labute approximate surface area is 171 Å². The van der Waals surface area contributed by atoms with Gasteiger partial charge in [-0.05, 0) is 60.5 Å². The number of guanidine groups is 1. The Hall–Kier alpha value is -0.570. The first kappa shape index (κ1) is 24.4. The minimum absolute atomic E-state index is 0. The Kier molecular flexibility index (Phi) is 12.4. The highest BCUT2D eigenvalue weighted by Gasteiger charge is 2.27. The first-order valence-electron chi connectivity index (χ1n) is 9.41. The molecule has 1 saturated heterocycles. The van der Waals surface area contributed by atoms with Crippen LogP contribution in [0.25, 0.3) is 0 Å². The number of hydrogen-bond donors (Lipinski definition) is 3. The van der Waals surface area contributed by atoms with Crippen molar-refractivity contribution in [3.05, 3.63) is 0 Å². The molecule has 148 valence electrons. The molecule has 0 radical (unpaired) electrons. The van der Waals surface area contributed by atoms with Crippen LogP contribution < -0.4 is 16.0 Å². The van der Waals surface area contributed by atoms with Gasteiger partial charge in [0.25, 0.3) is 0 Å². The van der Waals surface area contributed by atoms with Crippen molar-refractivity contribution in [3.8, 4) is 0 Å². The second-order valence-corrected chi connectivity index (χ2v) is 7.45. The molecule has 1 fully saturated rings. The molecular formula is C18H38IN5O. The molecule has 0 aromatic carbocycles. The molecule has 0 spiro atoms. The number of amides is 1. The first-order valence-corrected chi connectivity index (χ1v) is 9.41. The van der Waals surface area contributed by atoms with Crippen LogP contribution in [-0.4, -0.2) is 61.1 Å². The molecule has 1 amide bonds. The highest BCUT2D eigenvalue weighted by atomic mass is 127. The average Bonchev–Trinajstić information content (AvgIpc) is 2.53. The maximum absolute atomic E-state index is 11.7. The van der Waals surface area contributed by atoms with E-state index in [1.807, 2.05) is 13.8 Å². The van der Waals surface area contributed by atoms with Gasteiger partial charge in [-0.25, -0.2) is 0 Å². The summed E-state index contributed by atoms with van der Waals surface area (Å²) in [5.41, 5.74) is 0.0673. The van der Waals surface area contributed by atoms with E-state index in [9.17, 15) is 4.79 Å². The van der Waals surface area contributed by atoms with E-state index < -0.39 is 0 Å². The maximum atomic E-state index is 11.7. The number of aliphatic imine (C=N–C) groups is 1. The standard InChI is InChI=1S/C18H37N5O.HI/c1-6-19-17(20-11-10-16(24)22-15(2)3)21-14-18(4,5)23-12-8-7-9-13-23;/h15H,6-14H2,1-5H3,(H,22,24)(H2,19,20,21);1H. The molecule has 7 heteroatoms. The molecule has 1 aliphatic rings. The number of likely N-dealkylation sites (tertiary alicyclic amines) is 1. The van der Waals surface area contributed by atoms with Crippen molar-refractivity contribution in [2.24, 2.45) is 4.99 Å². The minimum atomic E-state index is 0. The number of halogens is 1. The van der Waals surface area contributed by atoms with Gasteiger partial charge in [-0.15, -0.1) is 24.0 Å². The monoisotopic (exact) mass is 467 g/mol. The van der Waals surface area contributed by atoms with Crippen LogP contribution in [-0.2, 0) is 4.79 Å². The summed E-state index contributed by atoms with van der Waals surface area (Å²) in [5, 5.41) is 9.42. The van der Waals surface area contributed by atoms with Crippen molar-refractivity contribution in [2.75, 3.05) is 32.7 Å². The topological polar surface area (TPSA) is 68.8 Å². The number of nitrogens with one attached hydrogen (secondary N) is 3. The summed E-state index contributed by atoms with van der Waals surface area (Å²) in [6.07, 6.45) is 4.38. The number of hydrogen-bond acceptors (Lipinski definition) is 3. The molecule has 0 bridgehead atoms. The highest BCUT2D eigenvalue weighted by molar-refractivity contribution is 14.0. The van der Waals surface area contributed by atoms with Crippen molar-refractivity contribution in [2.45, 2.75) is 71.9 Å². The molecule has 0 aromatic rings. The van der Waals surface area contributed by atoms with Gasteiger partial charge in [0.15, 0.2) is 5.96 Å². The molecule has 1 aliphatic heterocycles. The van der Waals surface area contributed by atoms with Gasteiger partial charge in [0, 0.05) is 31.1 Å². The lowest BCUT2D eigenvalue weighted by Gasteiger charge is -2.40. The van der Waals surface area contributed by atoms with Crippen molar-refractivity contribution < 1.29 is 4.79 Å². The minimum Gasteiger partial charge on any atom is -0.357 e. The van der Waals surface area contributed by atoms with Gasteiger partial charge in [-0.3, -0.25) is 14.7 Å². The van der Waals surface area contributed by atoms with E-state index >= 15 is 0 Å². The fourth-order valence-corrected chi connectivity index (χ4v) is 2.90. The lowest BCUT2D eigenvalue weighted by atomic mass is 9.99. The molecule has 0 unspecified atom stereocenters. The van der Waals surface area contributed by atoms with Crippen LogP contribution >= 0.6 is 24.0 Å². The van der Waals surface area contributed by atoms with Crippen molar-refractivity contribution in [1.82, 2.24) is 20.9 Å². The Balaban J connectivity index is 0.00000576. The van der Waals surface area contributed by atoms with Gasteiger partial charge < -0.3 is 16.0 Å². The van der Waals surface area contributed by atoms with Gasteiger partial charge in [0.1, 0.15) is 0 Å². The maximum Gasteiger partial charge on any atom is 0.221 e. The fraction of sp³-hybridized carbons (Fsp3) is 0.889. The molecule has 1 heterocycles. The molecule has 0 aliphatic carbocycles. The summed E-state index contributed by atoms with van der Waals surface area (Å²) in [5.74, 6) is 0.863. The van der Waals surface area contributed by atoms with Crippen LogP contribution in [0, 0.1) is 0 Å². The van der Waals surface area contributed by atoms with Crippen LogP contribution in [0.4, 0.5) is 0 Å². The lowest BCUT2D eigenvalue weighted by Crippen LogP contribution is -2.49. The van der Waals surface area contributed by atoms with Crippen LogP contribution in [0.1, 0.15) is 60.3 Å². The van der Waals surface area contributed by atoms with Gasteiger partial charge in [0.05, 0.1) is 6.54 Å². The van der Waals surface area contributed by atoms with Crippen LogP contribution in [0.2, 0.25) is 0 Å². The largest absolute Gasteiger partial charge is 0.357 e. The molecule has 25 heavy (non-hydrogen) atoms. The quantitative estimate of drug-likeness (QED) is 0.291. The number of nitrogens with zero attached hydrogens (tertiary/aromatic N) is 2. The molecule has 6 nitrogen and oxygen atoms in total. The van der Waals surface area contributed by atoms with E-state index in [0.717, 1.165) is 19.0 Å². The summed E-state index contributed by atoms with van der Waals surface area (Å²) in [7, 11) is 0. The van der Waals surface area contributed by atoms with Crippen LogP contribution in [0.5, 0.6) is 0 Å². The van der Waals surface area contributed by atoms with Gasteiger partial charge >= 0.3 is 0 Å². The summed E-state index contributed by atoms with van der Waals surface area (Å²) in [4.78, 5) is 19.0. The highest BCUT2D eigenvalue weighted by Crippen LogP contribution is 2.20. The van der Waals surface area contributed by atoms with E-state index in [-0.39, 0.29) is 41.5 Å². The molecule has 3 N–H and O–H groups in total. The number of rotatable bonds is 8. The zero-order valence-electron chi connectivity index (χ0n) is 16.7. The zero-order valence-corrected chi connectivity index (χ0v) is 19.0. The van der Waals surface area contributed by atoms with Gasteiger partial charge in [-0.2, -0.15) is 0 Å². The van der Waals surface area contributed by atoms with E-state index in [2.05, 4.69) is 41.6 Å². The van der Waals surface area contributed by atoms with Crippen molar-refractivity contribution >= 4 is 35.8 Å². The van der Waals surface area contributed by atoms with Gasteiger partial charge in [-0.1, -0.05) is 6.42 Å². The van der Waals surface area contributed by atoms with E-state index in [1.54, 1.807) is 0 Å². The predicted octanol–water partition coefficient (Wildman–Crippen LogP) is 2.34. The first-order chi connectivity index (χ1) is 11.3. The fourth-order valence-electron chi connectivity index (χ4n) is 2.90. The third kappa shape index (κ3) is 10.2. The Morgan fingerprint density at radius 2 is 1.80 bits per heavy atom. The molecule has 0 saturated carbocycles. The normalized spacial score (nSPS) is 16.3. The molecule has 0 aromatic heterocycles. The second-order valence-electron chi connectivity index (χ2n) is 7.45. The Morgan fingerprint density at radius 1 is 1.16 bits per heavy atom. The number of carbonyl (C=O) groups is 1. The molecular weight excluding hydrogens is 429 g/mol. The summed E-state index contributed by atoms with van der Waals surface area (Å²) >= 11 is 0.